The summed E-state index contributed by atoms with van der Waals surface area (Å²) in [5.41, 5.74) is 1.37. The first-order valence-corrected chi connectivity index (χ1v) is 7.02. The van der Waals surface area contributed by atoms with Gasteiger partial charge in [0.05, 0.1) is 12.7 Å². The van der Waals surface area contributed by atoms with Crippen molar-refractivity contribution in [1.29, 1.82) is 0 Å². The van der Waals surface area contributed by atoms with Gasteiger partial charge in [0.1, 0.15) is 0 Å². The second kappa shape index (κ2) is 8.31. The first-order chi connectivity index (χ1) is 8.97. The van der Waals surface area contributed by atoms with Gasteiger partial charge in [-0.3, -0.25) is 0 Å². The maximum Gasteiger partial charge on any atom is 0.0897 e. The highest BCUT2D eigenvalue weighted by Crippen LogP contribution is 2.03. The molecule has 0 aliphatic carbocycles. The molecule has 0 aliphatic rings. The van der Waals surface area contributed by atoms with Crippen LogP contribution in [0.3, 0.4) is 0 Å². The highest BCUT2D eigenvalue weighted by molar-refractivity contribution is 5.14. The van der Waals surface area contributed by atoms with Crippen molar-refractivity contribution in [2.45, 2.75) is 45.3 Å². The third-order valence-corrected chi connectivity index (χ3v) is 2.78. The average Bonchev–Trinajstić information content (AvgIpc) is 2.36. The van der Waals surface area contributed by atoms with Crippen molar-refractivity contribution < 1.29 is 9.84 Å². The molecule has 19 heavy (non-hydrogen) atoms. The minimum absolute atomic E-state index is 0.0360. The molecule has 0 heterocycles. The van der Waals surface area contributed by atoms with E-state index in [-0.39, 0.29) is 5.54 Å². The van der Waals surface area contributed by atoms with Crippen LogP contribution in [0.5, 0.6) is 0 Å². The van der Waals surface area contributed by atoms with Crippen molar-refractivity contribution in [2.24, 2.45) is 0 Å². The van der Waals surface area contributed by atoms with Crippen LogP contribution in [-0.2, 0) is 11.2 Å². The molecular weight excluding hydrogens is 238 g/mol. The number of aliphatic hydroxyl groups excluding tert-OH is 1. The van der Waals surface area contributed by atoms with E-state index < -0.39 is 6.10 Å². The fourth-order valence-electron chi connectivity index (χ4n) is 1.73. The second-order valence-electron chi connectivity index (χ2n) is 5.95. The number of β-amino-alcohol motifs (C(OH)–C–C–N with tert-alkyl or cyclic N) is 1. The van der Waals surface area contributed by atoms with E-state index in [2.05, 4.69) is 50.4 Å². The van der Waals surface area contributed by atoms with Gasteiger partial charge in [-0.1, -0.05) is 30.3 Å². The normalized spacial score (nSPS) is 13.5. The summed E-state index contributed by atoms with van der Waals surface area (Å²) in [6.45, 7) is 7.92. The van der Waals surface area contributed by atoms with Crippen LogP contribution < -0.4 is 5.32 Å². The Kier molecular flexibility index (Phi) is 7.06. The fraction of sp³-hybridized carbons (Fsp3) is 0.625. The van der Waals surface area contributed by atoms with Crippen LogP contribution >= 0.6 is 0 Å². The number of hydrogen-bond acceptors (Lipinski definition) is 3. The van der Waals surface area contributed by atoms with Crippen LogP contribution in [0.25, 0.3) is 0 Å². The van der Waals surface area contributed by atoms with Crippen molar-refractivity contribution in [3.05, 3.63) is 35.9 Å². The lowest BCUT2D eigenvalue weighted by Gasteiger charge is -2.22. The van der Waals surface area contributed by atoms with Crippen LogP contribution in [0, 0.1) is 0 Å². The molecule has 0 spiro atoms. The maximum absolute atomic E-state index is 9.74. The summed E-state index contributed by atoms with van der Waals surface area (Å²) in [5.74, 6) is 0. The molecule has 108 valence electrons. The lowest BCUT2D eigenvalue weighted by molar-refractivity contribution is 0.0333. The van der Waals surface area contributed by atoms with E-state index in [0.717, 1.165) is 12.8 Å². The molecular formula is C16H27NO2. The van der Waals surface area contributed by atoms with Crippen LogP contribution in [0.2, 0.25) is 0 Å². The van der Waals surface area contributed by atoms with Gasteiger partial charge in [-0.25, -0.2) is 0 Å². The molecule has 0 bridgehead atoms. The number of aryl methyl sites for hydroxylation is 1. The fourth-order valence-corrected chi connectivity index (χ4v) is 1.73. The van der Waals surface area contributed by atoms with Gasteiger partial charge in [0.15, 0.2) is 0 Å². The Bertz CT molecular complexity index is 332. The van der Waals surface area contributed by atoms with Crippen molar-refractivity contribution >= 4 is 0 Å². The SMILES string of the molecule is CC(C)(C)NCC(O)COCCCc1ccccc1. The predicted octanol–water partition coefficient (Wildman–Crippen LogP) is 2.38. The molecule has 0 fully saturated rings. The highest BCUT2D eigenvalue weighted by Gasteiger charge is 2.11. The molecule has 1 atom stereocenters. The van der Waals surface area contributed by atoms with E-state index in [4.69, 9.17) is 4.74 Å². The van der Waals surface area contributed by atoms with Gasteiger partial charge in [0.2, 0.25) is 0 Å². The summed E-state index contributed by atoms with van der Waals surface area (Å²) in [6.07, 6.45) is 1.58. The Morgan fingerprint density at radius 2 is 1.89 bits per heavy atom. The van der Waals surface area contributed by atoms with E-state index in [1.807, 2.05) is 6.07 Å². The van der Waals surface area contributed by atoms with Crippen molar-refractivity contribution in [1.82, 2.24) is 5.32 Å². The molecule has 1 aromatic rings. The lowest BCUT2D eigenvalue weighted by Crippen LogP contribution is -2.42. The predicted molar refractivity (Wildman–Crippen MR) is 79.3 cm³/mol. The van der Waals surface area contributed by atoms with Gasteiger partial charge >= 0.3 is 0 Å². The minimum atomic E-state index is -0.434. The van der Waals surface area contributed by atoms with Crippen molar-refractivity contribution in [2.75, 3.05) is 19.8 Å². The highest BCUT2D eigenvalue weighted by atomic mass is 16.5. The van der Waals surface area contributed by atoms with Gasteiger partial charge in [0, 0.05) is 18.7 Å². The van der Waals surface area contributed by atoms with Gasteiger partial charge in [-0.05, 0) is 39.2 Å². The number of aliphatic hydroxyl groups is 1. The monoisotopic (exact) mass is 265 g/mol. The first kappa shape index (κ1) is 16.2. The van der Waals surface area contributed by atoms with E-state index in [1.165, 1.54) is 5.56 Å². The Morgan fingerprint density at radius 3 is 2.53 bits per heavy atom. The molecule has 2 N–H and O–H groups in total. The first-order valence-electron chi connectivity index (χ1n) is 7.02. The number of nitrogens with one attached hydrogen (secondary N) is 1. The van der Waals surface area contributed by atoms with E-state index in [0.29, 0.717) is 19.8 Å². The quantitative estimate of drug-likeness (QED) is 0.709. The molecule has 1 aromatic carbocycles. The third kappa shape index (κ3) is 8.76. The number of hydrogen-bond donors (Lipinski definition) is 2. The molecule has 0 amide bonds. The van der Waals surface area contributed by atoms with Gasteiger partial charge < -0.3 is 15.2 Å². The second-order valence-corrected chi connectivity index (χ2v) is 5.95. The smallest absolute Gasteiger partial charge is 0.0897 e. The van der Waals surface area contributed by atoms with E-state index >= 15 is 0 Å². The Morgan fingerprint density at radius 1 is 1.21 bits per heavy atom. The van der Waals surface area contributed by atoms with Crippen LogP contribution in [0.4, 0.5) is 0 Å². The molecule has 1 unspecified atom stereocenters. The van der Waals surface area contributed by atoms with Crippen LogP contribution in [0.1, 0.15) is 32.8 Å². The molecule has 1 rings (SSSR count). The van der Waals surface area contributed by atoms with E-state index in [1.54, 1.807) is 0 Å². The Labute approximate surface area is 117 Å². The molecule has 0 aliphatic heterocycles. The molecule has 3 nitrogen and oxygen atoms in total. The zero-order chi connectivity index (χ0) is 14.1. The number of rotatable bonds is 8. The standard InChI is InChI=1S/C16H27NO2/c1-16(2,3)17-12-15(18)13-19-11-7-10-14-8-5-4-6-9-14/h4-6,8-9,15,17-18H,7,10-13H2,1-3H3. The Hall–Kier alpha value is -0.900. The average molecular weight is 265 g/mol. The lowest BCUT2D eigenvalue weighted by atomic mass is 10.1. The molecule has 0 saturated carbocycles. The molecule has 0 aromatic heterocycles. The van der Waals surface area contributed by atoms with Gasteiger partial charge in [0.25, 0.3) is 0 Å². The maximum atomic E-state index is 9.74. The summed E-state index contributed by atoms with van der Waals surface area (Å²) >= 11 is 0. The number of ether oxygens (including phenoxy) is 1. The molecule has 0 radical (unpaired) electrons. The summed E-state index contributed by atoms with van der Waals surface area (Å²) in [6, 6.07) is 10.4. The minimum Gasteiger partial charge on any atom is -0.389 e. The van der Waals surface area contributed by atoms with Crippen LogP contribution in [0.15, 0.2) is 30.3 Å². The van der Waals surface area contributed by atoms with Crippen molar-refractivity contribution in [3.8, 4) is 0 Å². The van der Waals surface area contributed by atoms with Gasteiger partial charge in [-0.2, -0.15) is 0 Å². The van der Waals surface area contributed by atoms with E-state index in [9.17, 15) is 5.11 Å². The number of benzene rings is 1. The third-order valence-electron chi connectivity index (χ3n) is 2.78. The zero-order valence-electron chi connectivity index (χ0n) is 12.4. The Balaban J connectivity index is 2.01. The summed E-state index contributed by atoms with van der Waals surface area (Å²) in [7, 11) is 0. The largest absolute Gasteiger partial charge is 0.389 e. The topological polar surface area (TPSA) is 41.5 Å². The summed E-state index contributed by atoms with van der Waals surface area (Å²) in [5, 5.41) is 13.0. The van der Waals surface area contributed by atoms with Crippen LogP contribution in [-0.4, -0.2) is 36.5 Å². The molecule has 0 saturated heterocycles. The van der Waals surface area contributed by atoms with Crippen molar-refractivity contribution in [3.63, 3.8) is 0 Å². The van der Waals surface area contributed by atoms with Gasteiger partial charge in [-0.15, -0.1) is 0 Å². The molecule has 3 heteroatoms. The summed E-state index contributed by atoms with van der Waals surface area (Å²) in [4.78, 5) is 0. The summed E-state index contributed by atoms with van der Waals surface area (Å²) < 4.78 is 5.49. The zero-order valence-corrected chi connectivity index (χ0v) is 12.4.